The summed E-state index contributed by atoms with van der Waals surface area (Å²) >= 11 is 0. The molecule has 0 radical (unpaired) electrons. The summed E-state index contributed by atoms with van der Waals surface area (Å²) in [5.41, 5.74) is 4.36. The predicted octanol–water partition coefficient (Wildman–Crippen LogP) is 5.29. The van der Waals surface area contributed by atoms with Gasteiger partial charge in [0.2, 0.25) is 10.0 Å². The summed E-state index contributed by atoms with van der Waals surface area (Å²) in [7, 11) is -4.05. The van der Waals surface area contributed by atoms with Crippen LogP contribution in [-0.4, -0.2) is 37.9 Å². The van der Waals surface area contributed by atoms with Crippen LogP contribution in [0.1, 0.15) is 36.0 Å². The molecule has 1 aliphatic heterocycles. The summed E-state index contributed by atoms with van der Waals surface area (Å²) in [6.45, 7) is 0. The molecule has 37 heavy (non-hydrogen) atoms. The maximum atomic E-state index is 13.1. The molecule has 1 fully saturated rings. The quantitative estimate of drug-likeness (QED) is 0.471. The van der Waals surface area contributed by atoms with Crippen LogP contribution in [0.2, 0.25) is 0 Å². The highest BCUT2D eigenvalue weighted by Gasteiger charge is 2.40. The van der Waals surface area contributed by atoms with Crippen LogP contribution in [0.15, 0.2) is 77.7 Å². The summed E-state index contributed by atoms with van der Waals surface area (Å²) in [6.07, 6.45) is -2.89. The lowest BCUT2D eigenvalue weighted by molar-refractivity contribution is -0.127. The van der Waals surface area contributed by atoms with Crippen LogP contribution in [-0.2, 0) is 29.3 Å². The van der Waals surface area contributed by atoms with Gasteiger partial charge in [-0.2, -0.15) is 13.2 Å². The number of nitrogens with one attached hydrogen (secondary N) is 1. The van der Waals surface area contributed by atoms with E-state index in [2.05, 4.69) is 21.8 Å². The van der Waals surface area contributed by atoms with Crippen molar-refractivity contribution < 1.29 is 26.7 Å². The first-order valence-corrected chi connectivity index (χ1v) is 13.9. The van der Waals surface area contributed by atoms with Crippen molar-refractivity contribution in [2.45, 2.75) is 67.8 Å². The van der Waals surface area contributed by atoms with Gasteiger partial charge < -0.3 is 10.0 Å². The molecule has 9 heteroatoms. The highest BCUT2D eigenvalue weighted by Crippen LogP contribution is 2.41. The summed E-state index contributed by atoms with van der Waals surface area (Å²) in [5, 5.41) is 11.5. The van der Waals surface area contributed by atoms with Crippen LogP contribution in [0, 0.1) is 0 Å². The molecule has 0 aromatic heterocycles. The predicted molar refractivity (Wildman–Crippen MR) is 136 cm³/mol. The second kappa shape index (κ2) is 10.1. The van der Waals surface area contributed by atoms with Gasteiger partial charge in [0.25, 0.3) is 0 Å². The van der Waals surface area contributed by atoms with Crippen LogP contribution in [0.4, 0.5) is 24.5 Å². The van der Waals surface area contributed by atoms with Crippen molar-refractivity contribution in [1.29, 1.82) is 0 Å². The van der Waals surface area contributed by atoms with Gasteiger partial charge in [0.05, 0.1) is 29.5 Å². The smallest absolute Gasteiger partial charge is 0.389 e. The van der Waals surface area contributed by atoms with E-state index in [-0.39, 0.29) is 16.5 Å². The number of hydrogen-bond acceptors (Lipinski definition) is 4. The van der Waals surface area contributed by atoms with Crippen LogP contribution in [0.25, 0.3) is 0 Å². The summed E-state index contributed by atoms with van der Waals surface area (Å²) in [6, 6.07) is 19.8. The molecule has 3 aromatic carbocycles. The molecule has 2 N–H and O–H groups in total. The zero-order valence-corrected chi connectivity index (χ0v) is 21.0. The molecule has 2 aliphatic rings. The minimum Gasteiger partial charge on any atom is -0.389 e. The van der Waals surface area contributed by atoms with Crippen LogP contribution < -0.4 is 9.62 Å². The first-order valence-electron chi connectivity index (χ1n) is 12.4. The first-order chi connectivity index (χ1) is 17.6. The van der Waals surface area contributed by atoms with Gasteiger partial charge in [0.1, 0.15) is 0 Å². The molecule has 3 atom stereocenters. The lowest BCUT2D eigenvalue weighted by Crippen LogP contribution is -2.55. The monoisotopic (exact) mass is 530 g/mol. The van der Waals surface area contributed by atoms with E-state index in [1.54, 1.807) is 0 Å². The molecule has 1 saturated carbocycles. The van der Waals surface area contributed by atoms with E-state index in [0.717, 1.165) is 24.2 Å². The van der Waals surface area contributed by atoms with Gasteiger partial charge in [-0.3, -0.25) is 0 Å². The summed E-state index contributed by atoms with van der Waals surface area (Å²) in [4.78, 5) is 2.03. The number of aliphatic hydroxyl groups is 1. The number of halogens is 3. The number of benzene rings is 3. The molecule has 0 spiro atoms. The molecule has 1 heterocycles. The minimum atomic E-state index is -4.37. The third-order valence-electron chi connectivity index (χ3n) is 7.26. The number of alkyl halides is 3. The lowest BCUT2D eigenvalue weighted by atomic mass is 9.86. The number of para-hydroxylation sites is 2. The topological polar surface area (TPSA) is 69.6 Å². The Hall–Kier alpha value is -2.88. The molecule has 1 aliphatic carbocycles. The minimum absolute atomic E-state index is 0.0114. The molecule has 3 unspecified atom stereocenters. The van der Waals surface area contributed by atoms with E-state index >= 15 is 0 Å². The Morgan fingerprint density at radius 1 is 0.865 bits per heavy atom. The van der Waals surface area contributed by atoms with E-state index in [4.69, 9.17) is 0 Å². The van der Waals surface area contributed by atoms with Crippen LogP contribution >= 0.6 is 0 Å². The third-order valence-corrected chi connectivity index (χ3v) is 8.77. The van der Waals surface area contributed by atoms with E-state index in [1.807, 2.05) is 36.4 Å². The van der Waals surface area contributed by atoms with Gasteiger partial charge in [-0.1, -0.05) is 48.5 Å². The van der Waals surface area contributed by atoms with Gasteiger partial charge in [0, 0.05) is 11.4 Å². The Morgan fingerprint density at radius 3 is 2.00 bits per heavy atom. The Morgan fingerprint density at radius 2 is 1.43 bits per heavy atom. The molecule has 196 valence electrons. The standard InChI is InChI=1S/C28H29F3N2O3S/c29-28(30,31)18-19-12-16-22(17-13-19)37(35,36)32-23-8-5-11-26(27(23)34)33-24-9-3-1-6-20(24)14-15-21-7-2-4-10-25(21)33/h1-4,6-7,9-10,12-13,16-17,23,26-27,32,34H,5,8,11,14-15,18H2. The maximum Gasteiger partial charge on any atom is 0.393 e. The second-order valence-electron chi connectivity index (χ2n) is 9.78. The van der Waals surface area contributed by atoms with Gasteiger partial charge >= 0.3 is 6.18 Å². The largest absolute Gasteiger partial charge is 0.393 e. The van der Waals surface area contributed by atoms with E-state index in [9.17, 15) is 26.7 Å². The number of nitrogens with zero attached hydrogens (tertiary/aromatic N) is 1. The Balaban J connectivity index is 1.41. The van der Waals surface area contributed by atoms with Crippen molar-refractivity contribution in [3.8, 4) is 0 Å². The average molecular weight is 531 g/mol. The zero-order chi connectivity index (χ0) is 26.2. The zero-order valence-electron chi connectivity index (χ0n) is 20.2. The molecule has 0 bridgehead atoms. The normalized spacial score (nSPS) is 22.2. The van der Waals surface area contributed by atoms with E-state index < -0.39 is 34.8 Å². The van der Waals surface area contributed by atoms with E-state index in [0.29, 0.717) is 19.3 Å². The second-order valence-corrected chi connectivity index (χ2v) is 11.5. The van der Waals surface area contributed by atoms with Crippen molar-refractivity contribution in [2.75, 3.05) is 4.90 Å². The first kappa shape index (κ1) is 25.8. The average Bonchev–Trinajstić information content (AvgIpc) is 3.02. The molecular weight excluding hydrogens is 501 g/mol. The fraction of sp³-hybridized carbons (Fsp3) is 0.357. The van der Waals surface area contributed by atoms with Crippen LogP contribution in [0.5, 0.6) is 0 Å². The molecule has 0 saturated heterocycles. The highest BCUT2D eigenvalue weighted by molar-refractivity contribution is 7.89. The van der Waals surface area contributed by atoms with E-state index in [1.165, 1.54) is 35.4 Å². The van der Waals surface area contributed by atoms with Crippen molar-refractivity contribution in [3.63, 3.8) is 0 Å². The number of aliphatic hydroxyl groups excluding tert-OH is 1. The Kier molecular flexibility index (Phi) is 7.04. The van der Waals surface area contributed by atoms with Crippen molar-refractivity contribution in [2.24, 2.45) is 0 Å². The van der Waals surface area contributed by atoms with Gasteiger partial charge in [-0.25, -0.2) is 13.1 Å². The van der Waals surface area contributed by atoms with Gasteiger partial charge in [0.15, 0.2) is 0 Å². The third kappa shape index (κ3) is 5.54. The maximum absolute atomic E-state index is 13.1. The Labute approximate surface area is 215 Å². The van der Waals surface area contributed by atoms with Crippen molar-refractivity contribution >= 4 is 21.4 Å². The molecular formula is C28H29F3N2O3S. The number of sulfonamides is 1. The molecule has 5 rings (SSSR count). The highest BCUT2D eigenvalue weighted by atomic mass is 32.2. The van der Waals surface area contributed by atoms with Gasteiger partial charge in [-0.15, -0.1) is 0 Å². The number of fused-ring (bicyclic) bond motifs is 2. The SMILES string of the molecule is O=S(=O)(NC1CCCC(N2c3ccccc3CCc3ccccc32)C1O)c1ccc(CC(F)(F)F)cc1. The summed E-state index contributed by atoms with van der Waals surface area (Å²) < 4.78 is 66.9. The summed E-state index contributed by atoms with van der Waals surface area (Å²) in [5.74, 6) is 0. The van der Waals surface area contributed by atoms with Crippen LogP contribution in [0.3, 0.4) is 0 Å². The lowest BCUT2D eigenvalue weighted by Gasteiger charge is -2.43. The van der Waals surface area contributed by atoms with Crippen molar-refractivity contribution in [1.82, 2.24) is 4.72 Å². The molecule has 3 aromatic rings. The molecule has 0 amide bonds. The number of rotatable bonds is 5. The van der Waals surface area contributed by atoms with Gasteiger partial charge in [-0.05, 0) is 73.1 Å². The number of anilines is 2. The molecule has 5 nitrogen and oxygen atoms in total. The fourth-order valence-electron chi connectivity index (χ4n) is 5.52. The Bertz CT molecular complexity index is 1310. The van der Waals surface area contributed by atoms with Crippen molar-refractivity contribution in [3.05, 3.63) is 89.5 Å². The number of aryl methyl sites for hydroxylation is 2. The number of hydrogen-bond donors (Lipinski definition) is 2. The fourth-order valence-corrected chi connectivity index (χ4v) is 6.81.